The molecular formula is C12H18BrNO3. The Morgan fingerprint density at radius 1 is 1.47 bits per heavy atom. The minimum absolute atomic E-state index is 0. The number of aliphatic carboxylic acids is 1. The van der Waals surface area contributed by atoms with Gasteiger partial charge in [-0.15, -0.1) is 17.0 Å². The number of benzene rings is 1. The number of nitrogens with two attached hydrogens (primary N) is 1. The molecule has 4 N–H and O–H groups in total. The summed E-state index contributed by atoms with van der Waals surface area (Å²) in [5.41, 5.74) is 8.28. The summed E-state index contributed by atoms with van der Waals surface area (Å²) in [5.74, 6) is -0.795. The van der Waals surface area contributed by atoms with Gasteiger partial charge in [-0.3, -0.25) is 4.79 Å². The van der Waals surface area contributed by atoms with Gasteiger partial charge < -0.3 is 15.9 Å². The Balaban J connectivity index is 0.00000256. The molecule has 96 valence electrons. The lowest BCUT2D eigenvalue weighted by atomic mass is 9.94. The summed E-state index contributed by atoms with van der Waals surface area (Å²) < 4.78 is 0. The van der Waals surface area contributed by atoms with Gasteiger partial charge >= 0.3 is 5.97 Å². The van der Waals surface area contributed by atoms with Gasteiger partial charge in [0.15, 0.2) is 0 Å². The van der Waals surface area contributed by atoms with Gasteiger partial charge in [0, 0.05) is 0 Å². The summed E-state index contributed by atoms with van der Waals surface area (Å²) in [6.45, 7) is 3.81. The van der Waals surface area contributed by atoms with Crippen LogP contribution in [0.25, 0.3) is 0 Å². The molecule has 0 radical (unpaired) electrons. The first kappa shape index (κ1) is 15.9. The number of phenols is 1. The molecule has 17 heavy (non-hydrogen) atoms. The summed E-state index contributed by atoms with van der Waals surface area (Å²) in [4.78, 5) is 10.7. The molecule has 0 heterocycles. The van der Waals surface area contributed by atoms with E-state index in [2.05, 4.69) is 0 Å². The van der Waals surface area contributed by atoms with Gasteiger partial charge in [-0.25, -0.2) is 0 Å². The van der Waals surface area contributed by atoms with Crippen LogP contribution in [0.2, 0.25) is 0 Å². The van der Waals surface area contributed by atoms with E-state index in [0.29, 0.717) is 6.42 Å². The standard InChI is InChI=1S/C12H17NO3.BrH/c1-3-8-5-9(14)4-7(2)10(8)6-11(13)12(15)16;/h4-5,11,14H,3,6,13H2,1-2H3,(H,15,16);1H. The lowest BCUT2D eigenvalue weighted by molar-refractivity contribution is -0.138. The molecule has 0 spiro atoms. The molecule has 4 nitrogen and oxygen atoms in total. The van der Waals surface area contributed by atoms with Crippen LogP contribution in [0.1, 0.15) is 23.6 Å². The minimum atomic E-state index is -1.01. The van der Waals surface area contributed by atoms with Crippen molar-refractivity contribution in [3.8, 4) is 5.75 Å². The highest BCUT2D eigenvalue weighted by atomic mass is 79.9. The SMILES string of the molecule is Br.CCc1cc(O)cc(C)c1CC(N)C(=O)O. The summed E-state index contributed by atoms with van der Waals surface area (Å²) in [5, 5.41) is 18.2. The lowest BCUT2D eigenvalue weighted by Gasteiger charge is -2.14. The van der Waals surface area contributed by atoms with E-state index < -0.39 is 12.0 Å². The van der Waals surface area contributed by atoms with Crippen molar-refractivity contribution in [1.29, 1.82) is 0 Å². The number of carboxylic acid groups (broad SMARTS) is 1. The molecule has 5 heteroatoms. The number of rotatable bonds is 4. The van der Waals surface area contributed by atoms with Crippen LogP contribution in [0, 0.1) is 6.92 Å². The number of carboxylic acids is 1. The third-order valence-corrected chi connectivity index (χ3v) is 2.67. The Bertz CT molecular complexity index is 407. The van der Waals surface area contributed by atoms with E-state index in [4.69, 9.17) is 10.8 Å². The maximum atomic E-state index is 10.7. The van der Waals surface area contributed by atoms with Gasteiger partial charge in [0.1, 0.15) is 11.8 Å². The molecule has 0 saturated carbocycles. The van der Waals surface area contributed by atoms with Crippen molar-refractivity contribution < 1.29 is 15.0 Å². The van der Waals surface area contributed by atoms with E-state index in [1.165, 1.54) is 0 Å². The number of aromatic hydroxyl groups is 1. The molecule has 1 aromatic rings. The quantitative estimate of drug-likeness (QED) is 0.792. The molecule has 0 fully saturated rings. The van der Waals surface area contributed by atoms with Crippen LogP contribution in [-0.4, -0.2) is 22.2 Å². The van der Waals surface area contributed by atoms with Crippen molar-refractivity contribution in [1.82, 2.24) is 0 Å². The third kappa shape index (κ3) is 4.02. The highest BCUT2D eigenvalue weighted by molar-refractivity contribution is 8.93. The van der Waals surface area contributed by atoms with Gasteiger partial charge in [0.25, 0.3) is 0 Å². The second-order valence-corrected chi connectivity index (χ2v) is 3.90. The Morgan fingerprint density at radius 2 is 2.06 bits per heavy atom. The number of carbonyl (C=O) groups is 1. The molecule has 1 atom stereocenters. The number of halogens is 1. The minimum Gasteiger partial charge on any atom is -0.508 e. The fourth-order valence-electron chi connectivity index (χ4n) is 1.78. The first-order valence-electron chi connectivity index (χ1n) is 5.25. The predicted molar refractivity (Wildman–Crippen MR) is 71.9 cm³/mol. The normalized spacial score (nSPS) is 11.7. The zero-order valence-electron chi connectivity index (χ0n) is 9.93. The average molecular weight is 304 g/mol. The Labute approximate surface area is 111 Å². The second kappa shape index (κ2) is 6.61. The summed E-state index contributed by atoms with van der Waals surface area (Å²) >= 11 is 0. The van der Waals surface area contributed by atoms with Crippen molar-refractivity contribution in [2.24, 2.45) is 5.73 Å². The second-order valence-electron chi connectivity index (χ2n) is 3.90. The van der Waals surface area contributed by atoms with E-state index in [1.54, 1.807) is 12.1 Å². The molecule has 0 aliphatic carbocycles. The fourth-order valence-corrected chi connectivity index (χ4v) is 1.78. The topological polar surface area (TPSA) is 83.5 Å². The largest absolute Gasteiger partial charge is 0.508 e. The molecule has 0 saturated heterocycles. The van der Waals surface area contributed by atoms with Crippen LogP contribution in [0.5, 0.6) is 5.75 Å². The molecule has 1 rings (SSSR count). The lowest BCUT2D eigenvalue weighted by Crippen LogP contribution is -2.32. The zero-order valence-corrected chi connectivity index (χ0v) is 11.6. The van der Waals surface area contributed by atoms with Gasteiger partial charge in [0.2, 0.25) is 0 Å². The molecule has 0 amide bonds. The molecule has 0 aromatic heterocycles. The van der Waals surface area contributed by atoms with Crippen molar-refractivity contribution in [2.75, 3.05) is 0 Å². The van der Waals surface area contributed by atoms with Crippen LogP contribution in [0.3, 0.4) is 0 Å². The number of aryl methyl sites for hydroxylation is 2. The van der Waals surface area contributed by atoms with Gasteiger partial charge in [-0.1, -0.05) is 6.92 Å². The van der Waals surface area contributed by atoms with Crippen LogP contribution in [-0.2, 0) is 17.6 Å². The first-order chi connectivity index (χ1) is 7.45. The molecule has 1 unspecified atom stereocenters. The molecular weight excluding hydrogens is 286 g/mol. The fraction of sp³-hybridized carbons (Fsp3) is 0.417. The van der Waals surface area contributed by atoms with E-state index in [-0.39, 0.29) is 22.7 Å². The Hall–Kier alpha value is -1.07. The van der Waals surface area contributed by atoms with Gasteiger partial charge in [-0.2, -0.15) is 0 Å². The maximum Gasteiger partial charge on any atom is 0.320 e. The van der Waals surface area contributed by atoms with Crippen LogP contribution in [0.15, 0.2) is 12.1 Å². The van der Waals surface area contributed by atoms with Gasteiger partial charge in [-0.05, 0) is 48.6 Å². The Kier molecular flexibility index (Phi) is 6.20. The zero-order chi connectivity index (χ0) is 12.3. The van der Waals surface area contributed by atoms with Crippen LogP contribution < -0.4 is 5.73 Å². The highest BCUT2D eigenvalue weighted by Gasteiger charge is 2.16. The van der Waals surface area contributed by atoms with Crippen LogP contribution in [0.4, 0.5) is 0 Å². The van der Waals surface area contributed by atoms with E-state index in [9.17, 15) is 9.90 Å². The monoisotopic (exact) mass is 303 g/mol. The van der Waals surface area contributed by atoms with E-state index in [0.717, 1.165) is 23.1 Å². The molecule has 0 aliphatic rings. The summed E-state index contributed by atoms with van der Waals surface area (Å²) in [6.07, 6.45) is 1.04. The van der Waals surface area contributed by atoms with Crippen molar-refractivity contribution in [3.05, 3.63) is 28.8 Å². The molecule has 0 bridgehead atoms. The van der Waals surface area contributed by atoms with Crippen molar-refractivity contribution in [2.45, 2.75) is 32.7 Å². The van der Waals surface area contributed by atoms with E-state index >= 15 is 0 Å². The van der Waals surface area contributed by atoms with Gasteiger partial charge in [0.05, 0.1) is 0 Å². The number of hydrogen-bond donors (Lipinski definition) is 3. The van der Waals surface area contributed by atoms with Crippen molar-refractivity contribution in [3.63, 3.8) is 0 Å². The number of phenolic OH excluding ortho intramolecular Hbond substituents is 1. The smallest absolute Gasteiger partial charge is 0.320 e. The average Bonchev–Trinajstić information content (AvgIpc) is 2.21. The van der Waals surface area contributed by atoms with E-state index in [1.807, 2.05) is 13.8 Å². The maximum absolute atomic E-state index is 10.7. The first-order valence-corrected chi connectivity index (χ1v) is 5.25. The number of hydrogen-bond acceptors (Lipinski definition) is 3. The third-order valence-electron chi connectivity index (χ3n) is 2.67. The summed E-state index contributed by atoms with van der Waals surface area (Å²) in [7, 11) is 0. The highest BCUT2D eigenvalue weighted by Crippen LogP contribution is 2.23. The predicted octanol–water partition coefficient (Wildman–Crippen LogP) is 1.80. The Morgan fingerprint density at radius 3 is 2.53 bits per heavy atom. The molecule has 0 aliphatic heterocycles. The van der Waals surface area contributed by atoms with Crippen LogP contribution >= 0.6 is 17.0 Å². The van der Waals surface area contributed by atoms with Crippen molar-refractivity contribution >= 4 is 23.0 Å². The summed E-state index contributed by atoms with van der Waals surface area (Å²) in [6, 6.07) is 2.40. The molecule has 1 aromatic carbocycles.